The van der Waals surface area contributed by atoms with E-state index in [-0.39, 0.29) is 0 Å². The monoisotopic (exact) mass is 392 g/mol. The molecule has 0 amide bonds. The third-order valence-corrected chi connectivity index (χ3v) is 5.36. The van der Waals surface area contributed by atoms with Gasteiger partial charge < -0.3 is 25.2 Å². The summed E-state index contributed by atoms with van der Waals surface area (Å²) in [6.07, 6.45) is 3.20. The minimum Gasteiger partial charge on any atom is -0.377 e. The van der Waals surface area contributed by atoms with Gasteiger partial charge in [0, 0.05) is 45.8 Å². The van der Waals surface area contributed by atoms with Crippen molar-refractivity contribution in [3.63, 3.8) is 0 Å². The number of ether oxygens (including phenoxy) is 1. The molecule has 2 aliphatic heterocycles. The van der Waals surface area contributed by atoms with E-state index in [1.807, 2.05) is 4.68 Å². The second-order valence-corrected chi connectivity index (χ2v) is 7.70. The number of nitrogens with zero attached hydrogens (tertiary/aromatic N) is 6. The molecule has 28 heavy (non-hydrogen) atoms. The van der Waals surface area contributed by atoms with E-state index in [9.17, 15) is 0 Å². The van der Waals surface area contributed by atoms with Crippen molar-refractivity contribution in [2.45, 2.75) is 45.4 Å². The van der Waals surface area contributed by atoms with Gasteiger partial charge in [-0.2, -0.15) is 5.10 Å². The minimum atomic E-state index is 0.314. The fourth-order valence-corrected chi connectivity index (χ4v) is 3.81. The van der Waals surface area contributed by atoms with Crippen LogP contribution in [0.25, 0.3) is 0 Å². The molecule has 2 N–H and O–H groups in total. The molecule has 9 nitrogen and oxygen atoms in total. The van der Waals surface area contributed by atoms with Crippen LogP contribution in [-0.2, 0) is 24.3 Å². The maximum Gasteiger partial charge on any atom is 0.191 e. The van der Waals surface area contributed by atoms with Crippen LogP contribution in [0.1, 0.15) is 31.4 Å². The summed E-state index contributed by atoms with van der Waals surface area (Å²) in [6.45, 7) is 10.7. The minimum absolute atomic E-state index is 0.314. The van der Waals surface area contributed by atoms with Crippen molar-refractivity contribution in [1.29, 1.82) is 0 Å². The first-order valence-corrected chi connectivity index (χ1v) is 10.5. The Morgan fingerprint density at radius 1 is 1.29 bits per heavy atom. The largest absolute Gasteiger partial charge is 0.377 e. The van der Waals surface area contributed by atoms with E-state index in [0.29, 0.717) is 12.6 Å². The van der Waals surface area contributed by atoms with Gasteiger partial charge in [0.15, 0.2) is 11.8 Å². The van der Waals surface area contributed by atoms with Gasteiger partial charge in [0.05, 0.1) is 13.1 Å². The number of nitrogens with one attached hydrogen (secondary N) is 2. The number of hydrogen-bond donors (Lipinski definition) is 2. The van der Waals surface area contributed by atoms with Gasteiger partial charge in [-0.05, 0) is 39.9 Å². The Morgan fingerprint density at radius 2 is 2.18 bits per heavy atom. The molecule has 1 atom stereocenters. The van der Waals surface area contributed by atoms with Crippen LogP contribution in [-0.4, -0.2) is 96.5 Å². The topological polar surface area (TPSA) is 82.8 Å². The average Bonchev–Trinajstić information content (AvgIpc) is 2.95. The molecule has 1 aromatic rings. The van der Waals surface area contributed by atoms with Crippen LogP contribution < -0.4 is 10.6 Å². The quantitative estimate of drug-likeness (QED) is 0.497. The number of rotatable bonds is 7. The Balaban J connectivity index is 1.50. The Morgan fingerprint density at radius 3 is 3.00 bits per heavy atom. The normalized spacial score (nSPS) is 22.0. The lowest BCUT2D eigenvalue weighted by Crippen LogP contribution is -2.47. The molecule has 0 radical (unpaired) electrons. The summed E-state index contributed by atoms with van der Waals surface area (Å²) < 4.78 is 7.15. The number of aromatic nitrogens is 3. The van der Waals surface area contributed by atoms with Crippen molar-refractivity contribution >= 4 is 5.96 Å². The van der Waals surface area contributed by atoms with Crippen molar-refractivity contribution < 1.29 is 4.74 Å². The SMILES string of the molecule is CCNC(=NCCN1CCCN(C)CC1)NC1CCc2nc(COC)nn2C1. The van der Waals surface area contributed by atoms with Gasteiger partial charge in [-0.1, -0.05) is 0 Å². The predicted molar refractivity (Wildman–Crippen MR) is 111 cm³/mol. The highest BCUT2D eigenvalue weighted by Gasteiger charge is 2.22. The van der Waals surface area contributed by atoms with Crippen molar-refractivity contribution in [3.8, 4) is 0 Å². The maximum absolute atomic E-state index is 5.15. The molecule has 0 aliphatic carbocycles. The van der Waals surface area contributed by atoms with E-state index >= 15 is 0 Å². The van der Waals surface area contributed by atoms with Gasteiger partial charge in [0.2, 0.25) is 0 Å². The average molecular weight is 393 g/mol. The highest BCUT2D eigenvalue weighted by atomic mass is 16.5. The zero-order chi connectivity index (χ0) is 19.8. The van der Waals surface area contributed by atoms with Gasteiger partial charge in [0.1, 0.15) is 12.4 Å². The Labute approximate surface area is 168 Å². The van der Waals surface area contributed by atoms with Gasteiger partial charge >= 0.3 is 0 Å². The smallest absolute Gasteiger partial charge is 0.191 e. The molecule has 3 heterocycles. The lowest BCUT2D eigenvalue weighted by molar-refractivity contribution is 0.177. The Hall–Kier alpha value is -1.71. The third kappa shape index (κ3) is 6.15. The van der Waals surface area contributed by atoms with Crippen LogP contribution in [0.15, 0.2) is 4.99 Å². The van der Waals surface area contributed by atoms with E-state index in [1.165, 1.54) is 19.5 Å². The summed E-state index contributed by atoms with van der Waals surface area (Å²) in [5, 5.41) is 11.5. The molecule has 0 spiro atoms. The van der Waals surface area contributed by atoms with E-state index < -0.39 is 0 Å². The Kier molecular flexibility index (Phi) is 8.05. The Bertz CT molecular complexity index is 631. The number of guanidine groups is 1. The maximum atomic E-state index is 5.15. The van der Waals surface area contributed by atoms with Crippen LogP contribution >= 0.6 is 0 Å². The first-order chi connectivity index (χ1) is 13.7. The van der Waals surface area contributed by atoms with Gasteiger partial charge in [-0.25, -0.2) is 9.67 Å². The highest BCUT2D eigenvalue weighted by molar-refractivity contribution is 5.80. The standard InChI is InChI=1S/C19H36N8O/c1-4-20-19(21-8-11-26-10-5-9-25(2)12-13-26)22-16-6-7-18-23-17(15-28-3)24-27(18)14-16/h16H,4-15H2,1-3H3,(H2,20,21,22). The van der Waals surface area contributed by atoms with Crippen LogP contribution in [0.4, 0.5) is 0 Å². The fraction of sp³-hybridized carbons (Fsp3) is 0.842. The molecule has 1 fully saturated rings. The number of fused-ring (bicyclic) bond motifs is 1. The van der Waals surface area contributed by atoms with Crippen molar-refractivity contribution in [2.24, 2.45) is 4.99 Å². The molecule has 3 rings (SSSR count). The summed E-state index contributed by atoms with van der Waals surface area (Å²) in [6, 6.07) is 0.314. The number of likely N-dealkylation sites (N-methyl/N-ethyl adjacent to an activating group) is 1. The highest BCUT2D eigenvalue weighted by Crippen LogP contribution is 2.13. The first kappa shape index (κ1) is 21.0. The third-order valence-electron chi connectivity index (χ3n) is 5.36. The van der Waals surface area contributed by atoms with Crippen LogP contribution in [0.3, 0.4) is 0 Å². The summed E-state index contributed by atoms with van der Waals surface area (Å²) >= 11 is 0. The van der Waals surface area contributed by atoms with Crippen molar-refractivity contribution in [2.75, 3.05) is 60.0 Å². The van der Waals surface area contributed by atoms with E-state index in [4.69, 9.17) is 9.73 Å². The molecule has 1 unspecified atom stereocenters. The summed E-state index contributed by atoms with van der Waals surface area (Å²) in [4.78, 5) is 14.3. The first-order valence-electron chi connectivity index (χ1n) is 10.5. The molecule has 1 aromatic heterocycles. The zero-order valence-corrected chi connectivity index (χ0v) is 17.7. The summed E-state index contributed by atoms with van der Waals surface area (Å²) in [5.74, 6) is 2.72. The molecule has 0 aromatic carbocycles. The molecule has 0 saturated carbocycles. The lowest BCUT2D eigenvalue weighted by Gasteiger charge is -2.25. The number of methoxy groups -OCH3 is 1. The van der Waals surface area contributed by atoms with Crippen LogP contribution in [0.5, 0.6) is 0 Å². The molecule has 9 heteroatoms. The van der Waals surface area contributed by atoms with Crippen molar-refractivity contribution in [1.82, 2.24) is 35.2 Å². The molecule has 158 valence electrons. The van der Waals surface area contributed by atoms with E-state index in [0.717, 1.165) is 69.7 Å². The molecule has 1 saturated heterocycles. The molecular weight excluding hydrogens is 356 g/mol. The number of aliphatic imine (C=N–C) groups is 1. The van der Waals surface area contributed by atoms with Gasteiger partial charge in [-0.15, -0.1) is 0 Å². The van der Waals surface area contributed by atoms with Crippen molar-refractivity contribution in [3.05, 3.63) is 11.6 Å². The number of hydrogen-bond acceptors (Lipinski definition) is 6. The summed E-state index contributed by atoms with van der Waals surface area (Å²) in [5.41, 5.74) is 0. The molecular formula is C19H36N8O. The number of aryl methyl sites for hydroxylation is 1. The van der Waals surface area contributed by atoms with E-state index in [2.05, 4.69) is 44.5 Å². The summed E-state index contributed by atoms with van der Waals surface area (Å²) in [7, 11) is 3.88. The zero-order valence-electron chi connectivity index (χ0n) is 17.7. The molecule has 0 bridgehead atoms. The van der Waals surface area contributed by atoms with E-state index in [1.54, 1.807) is 7.11 Å². The van der Waals surface area contributed by atoms with Crippen LogP contribution in [0, 0.1) is 0 Å². The van der Waals surface area contributed by atoms with Gasteiger partial charge in [-0.3, -0.25) is 4.99 Å². The van der Waals surface area contributed by atoms with Crippen LogP contribution in [0.2, 0.25) is 0 Å². The second-order valence-electron chi connectivity index (χ2n) is 7.70. The lowest BCUT2D eigenvalue weighted by atomic mass is 10.1. The predicted octanol–water partition coefficient (Wildman–Crippen LogP) is -0.0681. The van der Waals surface area contributed by atoms with Gasteiger partial charge in [0.25, 0.3) is 0 Å². The second kappa shape index (κ2) is 10.7. The molecule has 2 aliphatic rings. The fourth-order valence-electron chi connectivity index (χ4n) is 3.81.